The third kappa shape index (κ3) is 24.9. The summed E-state index contributed by atoms with van der Waals surface area (Å²) in [5, 5.41) is 120. The second-order valence-electron chi connectivity index (χ2n) is 20.4. The van der Waals surface area contributed by atoms with E-state index in [4.69, 9.17) is 28.4 Å². The number of carbonyl (C=O) groups excluding carboxylic acids is 1. The number of nitrogens with one attached hydrogen (secondary N) is 1. The van der Waals surface area contributed by atoms with Crippen LogP contribution in [0.4, 0.5) is 0 Å². The summed E-state index contributed by atoms with van der Waals surface area (Å²) < 4.78 is 34.1. The molecule has 3 saturated heterocycles. The third-order valence-corrected chi connectivity index (χ3v) is 14.1. The Bertz CT molecular complexity index is 1630. The van der Waals surface area contributed by atoms with E-state index in [0.29, 0.717) is 6.42 Å². The number of carbonyl (C=O) groups is 1. The predicted molar refractivity (Wildman–Crippen MR) is 286 cm³/mol. The van der Waals surface area contributed by atoms with Gasteiger partial charge in [-0.1, -0.05) is 158 Å². The van der Waals surface area contributed by atoms with Crippen molar-refractivity contribution in [3.63, 3.8) is 0 Å². The molecule has 0 aromatic carbocycles. The summed E-state index contributed by atoms with van der Waals surface area (Å²) in [5.74, 6) is -0.288. The Kier molecular flexibility index (Phi) is 36.2. The van der Waals surface area contributed by atoms with Gasteiger partial charge in [0.25, 0.3) is 0 Å². The summed E-state index contributed by atoms with van der Waals surface area (Å²) in [6, 6.07) is -0.974. The standard InChI is InChI=1S/C57H99NO18/c1-3-5-7-9-11-13-14-15-16-17-18-19-20-21-22-23-24-25-26-27-29-31-33-35-45(63)58-40(41(62)34-32-30-28-12-10-8-6-4-2)39-71-55-51(69)48(66)53(43(37-60)73-55)76-57-52(70)49(67)54(44(38-61)74-57)75-56-50(68)47(65)46(64)42(36-59)72-56/h5,7,11,13,15-16,18-19,32,34,40-44,46-57,59-62,64-70H,3-4,6,8-10,12,14,17,20-31,33,35-39H2,1-2H3,(H,58,63)/b7-5-,13-11-,16-15-,19-18-,34-32+. The Labute approximate surface area is 452 Å². The summed E-state index contributed by atoms with van der Waals surface area (Å²) in [4.78, 5) is 13.3. The molecule has 19 nitrogen and oxygen atoms in total. The molecule has 0 bridgehead atoms. The molecule has 0 aliphatic carbocycles. The van der Waals surface area contributed by atoms with Crippen LogP contribution in [0.15, 0.2) is 60.8 Å². The van der Waals surface area contributed by atoms with E-state index in [1.807, 2.05) is 6.08 Å². The Balaban J connectivity index is 1.45. The molecule has 0 aromatic heterocycles. The van der Waals surface area contributed by atoms with E-state index in [2.05, 4.69) is 67.8 Å². The minimum atomic E-state index is -1.98. The lowest BCUT2D eigenvalue weighted by Crippen LogP contribution is -2.66. The smallest absolute Gasteiger partial charge is 0.220 e. The van der Waals surface area contributed by atoms with Gasteiger partial charge >= 0.3 is 0 Å². The van der Waals surface area contributed by atoms with Crippen LogP contribution in [0.2, 0.25) is 0 Å². The van der Waals surface area contributed by atoms with Crippen molar-refractivity contribution in [1.29, 1.82) is 0 Å². The number of amides is 1. The normalized spacial score (nSPS) is 31.4. The van der Waals surface area contributed by atoms with Gasteiger partial charge in [-0.15, -0.1) is 0 Å². The van der Waals surface area contributed by atoms with Gasteiger partial charge in [-0.05, 0) is 57.8 Å². The maximum atomic E-state index is 13.3. The first-order valence-corrected chi connectivity index (χ1v) is 28.5. The summed E-state index contributed by atoms with van der Waals surface area (Å²) in [7, 11) is 0. The predicted octanol–water partition coefficient (Wildman–Crippen LogP) is 4.09. The van der Waals surface area contributed by atoms with E-state index < -0.39 is 124 Å². The molecular formula is C57H99NO18. The Hall–Kier alpha value is -2.51. The van der Waals surface area contributed by atoms with Gasteiger partial charge in [0.1, 0.15) is 73.2 Å². The fraction of sp³-hybridized carbons (Fsp3) is 0.807. The quantitative estimate of drug-likeness (QED) is 0.0304. The van der Waals surface area contributed by atoms with E-state index in [9.17, 15) is 61.0 Å². The molecule has 3 aliphatic rings. The molecule has 0 saturated carbocycles. The van der Waals surface area contributed by atoms with Gasteiger partial charge in [0, 0.05) is 6.42 Å². The van der Waals surface area contributed by atoms with Crippen molar-refractivity contribution in [2.24, 2.45) is 0 Å². The zero-order valence-electron chi connectivity index (χ0n) is 45.5. The zero-order chi connectivity index (χ0) is 55.5. The van der Waals surface area contributed by atoms with Crippen LogP contribution < -0.4 is 5.32 Å². The summed E-state index contributed by atoms with van der Waals surface area (Å²) >= 11 is 0. The Morgan fingerprint density at radius 1 is 0.487 bits per heavy atom. The Morgan fingerprint density at radius 2 is 0.908 bits per heavy atom. The van der Waals surface area contributed by atoms with Crippen LogP contribution in [0.25, 0.3) is 0 Å². The second-order valence-corrected chi connectivity index (χ2v) is 20.4. The first-order valence-electron chi connectivity index (χ1n) is 28.5. The first-order chi connectivity index (χ1) is 36.8. The molecule has 17 atom stereocenters. The molecular weight excluding hydrogens is 987 g/mol. The molecule has 0 aromatic rings. The highest BCUT2D eigenvalue weighted by Crippen LogP contribution is 2.33. The van der Waals surface area contributed by atoms with Crippen LogP contribution in [0, 0.1) is 0 Å². The minimum absolute atomic E-state index is 0.235. The molecule has 3 fully saturated rings. The lowest BCUT2D eigenvalue weighted by molar-refractivity contribution is -0.379. The van der Waals surface area contributed by atoms with Gasteiger partial charge in [-0.3, -0.25) is 4.79 Å². The highest BCUT2D eigenvalue weighted by Gasteiger charge is 2.53. The number of rotatable bonds is 40. The van der Waals surface area contributed by atoms with Crippen molar-refractivity contribution < 1.29 is 89.4 Å². The average Bonchev–Trinajstić information content (AvgIpc) is 3.42. The van der Waals surface area contributed by atoms with Gasteiger partial charge in [0.05, 0.1) is 38.6 Å². The van der Waals surface area contributed by atoms with Crippen LogP contribution in [0.3, 0.4) is 0 Å². The molecule has 440 valence electrons. The lowest BCUT2D eigenvalue weighted by atomic mass is 9.96. The van der Waals surface area contributed by atoms with Gasteiger partial charge in [-0.2, -0.15) is 0 Å². The topological polar surface area (TPSA) is 307 Å². The van der Waals surface area contributed by atoms with Crippen LogP contribution in [0.5, 0.6) is 0 Å². The van der Waals surface area contributed by atoms with Crippen molar-refractivity contribution in [2.45, 2.75) is 266 Å². The monoisotopic (exact) mass is 1090 g/mol. The lowest BCUT2D eigenvalue weighted by Gasteiger charge is -2.48. The first kappa shape index (κ1) is 67.8. The molecule has 17 unspecified atom stereocenters. The van der Waals surface area contributed by atoms with Gasteiger partial charge in [0.15, 0.2) is 18.9 Å². The van der Waals surface area contributed by atoms with E-state index in [1.54, 1.807) is 6.08 Å². The number of ether oxygens (including phenoxy) is 6. The molecule has 3 rings (SSSR count). The van der Waals surface area contributed by atoms with E-state index in [1.165, 1.54) is 44.9 Å². The summed E-state index contributed by atoms with van der Waals surface area (Å²) in [5.41, 5.74) is 0. The molecule has 0 radical (unpaired) electrons. The number of allylic oxidation sites excluding steroid dienone is 9. The van der Waals surface area contributed by atoms with Crippen molar-refractivity contribution >= 4 is 5.91 Å². The number of aliphatic hydroxyl groups is 11. The van der Waals surface area contributed by atoms with E-state index >= 15 is 0 Å². The van der Waals surface area contributed by atoms with Crippen molar-refractivity contribution in [3.8, 4) is 0 Å². The fourth-order valence-corrected chi connectivity index (χ4v) is 9.36. The summed E-state index contributed by atoms with van der Waals surface area (Å²) in [6.45, 7) is 1.52. The minimum Gasteiger partial charge on any atom is -0.394 e. The van der Waals surface area contributed by atoms with Crippen LogP contribution >= 0.6 is 0 Å². The molecule has 3 aliphatic heterocycles. The number of hydrogen-bond acceptors (Lipinski definition) is 18. The molecule has 12 N–H and O–H groups in total. The molecule has 19 heteroatoms. The van der Waals surface area contributed by atoms with E-state index in [0.717, 1.165) is 89.9 Å². The fourth-order valence-electron chi connectivity index (χ4n) is 9.36. The number of unbranched alkanes of at least 4 members (excludes halogenated alkanes) is 16. The maximum Gasteiger partial charge on any atom is 0.220 e. The largest absolute Gasteiger partial charge is 0.394 e. The highest BCUT2D eigenvalue weighted by atomic mass is 16.8. The van der Waals surface area contributed by atoms with Crippen LogP contribution in [-0.4, -0.2) is 193 Å². The van der Waals surface area contributed by atoms with Crippen molar-refractivity contribution in [2.75, 3.05) is 26.4 Å². The van der Waals surface area contributed by atoms with Crippen LogP contribution in [-0.2, 0) is 33.2 Å². The SMILES string of the molecule is CC/C=C\C/C=C\C/C=C\C/C=C\CCCCCCCCCCCCC(=O)NC(COC1OC(CO)C(OC2OC(CO)C(OC3OC(CO)C(O)C(O)C3O)C(O)C2O)C(O)C1O)C(O)/C=C/CCCCCCCC. The van der Waals surface area contributed by atoms with Gasteiger partial charge in [-0.25, -0.2) is 0 Å². The molecule has 0 spiro atoms. The molecule has 76 heavy (non-hydrogen) atoms. The highest BCUT2D eigenvalue weighted by molar-refractivity contribution is 5.76. The Morgan fingerprint density at radius 3 is 1.42 bits per heavy atom. The average molecular weight is 1090 g/mol. The van der Waals surface area contributed by atoms with E-state index in [-0.39, 0.29) is 18.9 Å². The number of aliphatic hydroxyl groups excluding tert-OH is 11. The zero-order valence-corrected chi connectivity index (χ0v) is 45.5. The molecule has 3 heterocycles. The van der Waals surface area contributed by atoms with Crippen molar-refractivity contribution in [3.05, 3.63) is 60.8 Å². The molecule has 1 amide bonds. The van der Waals surface area contributed by atoms with Crippen molar-refractivity contribution in [1.82, 2.24) is 5.32 Å². The van der Waals surface area contributed by atoms with Crippen LogP contribution in [0.1, 0.15) is 162 Å². The second kappa shape index (κ2) is 40.6. The maximum absolute atomic E-state index is 13.3. The summed E-state index contributed by atoms with van der Waals surface area (Å²) in [6.07, 6.45) is 18.1. The van der Waals surface area contributed by atoms with Gasteiger partial charge < -0.3 is 89.9 Å². The van der Waals surface area contributed by atoms with Gasteiger partial charge in [0.2, 0.25) is 5.91 Å². The third-order valence-electron chi connectivity index (χ3n) is 14.1. The number of hydrogen-bond donors (Lipinski definition) is 12.